The fourth-order valence-electron chi connectivity index (χ4n) is 4.03. The molecule has 4 aromatic rings. The topological polar surface area (TPSA) is 96.0 Å². The van der Waals surface area contributed by atoms with Crippen molar-refractivity contribution in [3.8, 4) is 11.1 Å². The van der Waals surface area contributed by atoms with Gasteiger partial charge in [-0.3, -0.25) is 4.79 Å². The number of carbonyl (C=O) groups excluding carboxylic acids is 1. The van der Waals surface area contributed by atoms with Crippen LogP contribution in [0, 0.1) is 0 Å². The molecule has 4 heterocycles. The van der Waals surface area contributed by atoms with E-state index >= 15 is 0 Å². The molecular weight excluding hydrogens is 416 g/mol. The van der Waals surface area contributed by atoms with Crippen LogP contribution in [0.25, 0.3) is 22.2 Å². The van der Waals surface area contributed by atoms with Crippen LogP contribution in [-0.4, -0.2) is 58.7 Å². The summed E-state index contributed by atoms with van der Waals surface area (Å²) in [6, 6.07) is 12.2. The molecule has 1 saturated heterocycles. The number of morpholine rings is 1. The molecule has 0 spiro atoms. The summed E-state index contributed by atoms with van der Waals surface area (Å²) >= 11 is 0. The van der Waals surface area contributed by atoms with Crippen LogP contribution in [-0.2, 0) is 4.74 Å². The van der Waals surface area contributed by atoms with Gasteiger partial charge >= 0.3 is 0 Å². The van der Waals surface area contributed by atoms with Gasteiger partial charge in [-0.15, -0.1) is 0 Å². The van der Waals surface area contributed by atoms with Crippen LogP contribution in [0.15, 0.2) is 61.2 Å². The quantitative estimate of drug-likeness (QED) is 0.475. The monoisotopic (exact) mass is 442 g/mol. The molecule has 168 valence electrons. The molecule has 0 unspecified atom stereocenters. The molecule has 1 amide bonds. The van der Waals surface area contributed by atoms with E-state index in [0.717, 1.165) is 54.2 Å². The molecule has 0 bridgehead atoms. The number of H-pyrrole nitrogens is 1. The Morgan fingerprint density at radius 3 is 2.64 bits per heavy atom. The number of amides is 1. The summed E-state index contributed by atoms with van der Waals surface area (Å²) in [6.45, 7) is 5.74. The Hall–Kier alpha value is -3.78. The molecule has 5 rings (SSSR count). The second kappa shape index (κ2) is 9.38. The van der Waals surface area contributed by atoms with E-state index in [2.05, 4.69) is 55.3 Å². The third-order valence-corrected chi connectivity index (χ3v) is 6.00. The second-order valence-electron chi connectivity index (χ2n) is 8.21. The van der Waals surface area contributed by atoms with E-state index in [0.29, 0.717) is 6.54 Å². The maximum Gasteiger partial charge on any atom is 0.289 e. The molecule has 0 aliphatic carbocycles. The molecule has 0 saturated carbocycles. The zero-order valence-electron chi connectivity index (χ0n) is 18.5. The lowest BCUT2D eigenvalue weighted by molar-refractivity contribution is 0.0941. The first-order chi connectivity index (χ1) is 16.2. The molecule has 1 atom stereocenters. The first kappa shape index (κ1) is 21.1. The first-order valence-electron chi connectivity index (χ1n) is 11.1. The van der Waals surface area contributed by atoms with Crippen LogP contribution in [0.2, 0.25) is 0 Å². The van der Waals surface area contributed by atoms with Gasteiger partial charge in [-0.1, -0.05) is 37.3 Å². The van der Waals surface area contributed by atoms with Crippen LogP contribution in [0.5, 0.6) is 0 Å². The molecule has 8 nitrogen and oxygen atoms in total. The van der Waals surface area contributed by atoms with E-state index in [4.69, 9.17) is 4.74 Å². The van der Waals surface area contributed by atoms with Gasteiger partial charge in [-0.25, -0.2) is 15.0 Å². The van der Waals surface area contributed by atoms with Crippen LogP contribution in [0.3, 0.4) is 0 Å². The van der Waals surface area contributed by atoms with Crippen molar-refractivity contribution in [1.29, 1.82) is 0 Å². The lowest BCUT2D eigenvalue weighted by Gasteiger charge is -2.28. The number of hydrogen-bond acceptors (Lipinski definition) is 6. The van der Waals surface area contributed by atoms with Crippen molar-refractivity contribution >= 4 is 22.6 Å². The Bertz CT molecular complexity index is 1230. The van der Waals surface area contributed by atoms with Crippen molar-refractivity contribution in [2.24, 2.45) is 0 Å². The lowest BCUT2D eigenvalue weighted by atomic mass is 10.0. The third-order valence-electron chi connectivity index (χ3n) is 6.00. The highest BCUT2D eigenvalue weighted by atomic mass is 16.5. The number of aromatic nitrogens is 4. The van der Waals surface area contributed by atoms with Crippen LogP contribution in [0.1, 0.15) is 29.0 Å². The van der Waals surface area contributed by atoms with Gasteiger partial charge < -0.3 is 19.9 Å². The SMILES string of the molecule is C[C@@H](CNC(=O)c1ncc(-c2c[nH]c3ncc(N4CCOCC4)cc23)cn1)c1ccccc1. The van der Waals surface area contributed by atoms with E-state index in [-0.39, 0.29) is 17.6 Å². The van der Waals surface area contributed by atoms with E-state index in [1.165, 1.54) is 5.56 Å². The Kier molecular flexibility index (Phi) is 5.99. The van der Waals surface area contributed by atoms with Gasteiger partial charge in [-0.2, -0.15) is 0 Å². The summed E-state index contributed by atoms with van der Waals surface area (Å²) in [5.74, 6) is 0.0827. The minimum absolute atomic E-state index is 0.158. The molecule has 33 heavy (non-hydrogen) atoms. The zero-order chi connectivity index (χ0) is 22.6. The molecule has 3 aromatic heterocycles. The number of fused-ring (bicyclic) bond motifs is 1. The van der Waals surface area contributed by atoms with Gasteiger partial charge in [0.25, 0.3) is 5.91 Å². The number of aromatic amines is 1. The third kappa shape index (κ3) is 4.56. The van der Waals surface area contributed by atoms with Gasteiger partial charge in [0.2, 0.25) is 5.82 Å². The number of rotatable bonds is 6. The highest BCUT2D eigenvalue weighted by Crippen LogP contribution is 2.30. The molecule has 0 radical (unpaired) electrons. The minimum atomic E-state index is -0.278. The van der Waals surface area contributed by atoms with E-state index in [9.17, 15) is 4.79 Å². The Balaban J connectivity index is 1.30. The zero-order valence-corrected chi connectivity index (χ0v) is 18.5. The summed E-state index contributed by atoms with van der Waals surface area (Å²) < 4.78 is 5.45. The average Bonchev–Trinajstić information content (AvgIpc) is 3.31. The molecule has 1 aliphatic rings. The summed E-state index contributed by atoms with van der Waals surface area (Å²) in [5.41, 5.74) is 4.84. The number of nitrogens with zero attached hydrogens (tertiary/aromatic N) is 4. The van der Waals surface area contributed by atoms with Gasteiger partial charge in [-0.05, 0) is 17.5 Å². The summed E-state index contributed by atoms with van der Waals surface area (Å²) in [6.07, 6.45) is 7.16. The van der Waals surface area contributed by atoms with Crippen molar-refractivity contribution in [3.63, 3.8) is 0 Å². The van der Waals surface area contributed by atoms with Gasteiger partial charge in [0, 0.05) is 54.7 Å². The molecule has 2 N–H and O–H groups in total. The predicted molar refractivity (Wildman–Crippen MR) is 127 cm³/mol. The summed E-state index contributed by atoms with van der Waals surface area (Å²) in [7, 11) is 0. The van der Waals surface area contributed by atoms with E-state index < -0.39 is 0 Å². The van der Waals surface area contributed by atoms with E-state index in [1.807, 2.05) is 30.6 Å². The Morgan fingerprint density at radius 2 is 1.88 bits per heavy atom. The summed E-state index contributed by atoms with van der Waals surface area (Å²) in [5, 5.41) is 3.93. The first-order valence-corrected chi connectivity index (χ1v) is 11.1. The molecule has 1 fully saturated rings. The van der Waals surface area contributed by atoms with Gasteiger partial charge in [0.1, 0.15) is 5.65 Å². The Labute approximate surface area is 192 Å². The smallest absolute Gasteiger partial charge is 0.289 e. The van der Waals surface area contributed by atoms with Crippen molar-refractivity contribution in [2.75, 3.05) is 37.7 Å². The summed E-state index contributed by atoms with van der Waals surface area (Å²) in [4.78, 5) is 31.2. The number of benzene rings is 1. The van der Waals surface area contributed by atoms with E-state index in [1.54, 1.807) is 12.4 Å². The second-order valence-corrected chi connectivity index (χ2v) is 8.21. The fraction of sp³-hybridized carbons (Fsp3) is 0.280. The number of pyridine rings is 1. The normalized spacial score (nSPS) is 14.9. The van der Waals surface area contributed by atoms with Gasteiger partial charge in [0.15, 0.2) is 0 Å². The maximum absolute atomic E-state index is 12.5. The molecule has 8 heteroatoms. The highest BCUT2D eigenvalue weighted by molar-refractivity contribution is 5.95. The minimum Gasteiger partial charge on any atom is -0.378 e. The number of carbonyl (C=O) groups is 1. The predicted octanol–water partition coefficient (Wildman–Crippen LogP) is 3.39. The van der Waals surface area contributed by atoms with Crippen molar-refractivity contribution in [1.82, 2.24) is 25.3 Å². The number of nitrogens with one attached hydrogen (secondary N) is 2. The maximum atomic E-state index is 12.5. The largest absolute Gasteiger partial charge is 0.378 e. The van der Waals surface area contributed by atoms with Crippen molar-refractivity contribution in [2.45, 2.75) is 12.8 Å². The number of ether oxygens (including phenoxy) is 1. The number of anilines is 1. The highest BCUT2D eigenvalue weighted by Gasteiger charge is 2.16. The van der Waals surface area contributed by atoms with Crippen molar-refractivity contribution < 1.29 is 9.53 Å². The molecular formula is C25H26N6O2. The average molecular weight is 443 g/mol. The van der Waals surface area contributed by atoms with Crippen LogP contribution >= 0.6 is 0 Å². The molecule has 1 aromatic carbocycles. The lowest BCUT2D eigenvalue weighted by Crippen LogP contribution is -2.36. The van der Waals surface area contributed by atoms with Crippen LogP contribution < -0.4 is 10.2 Å². The number of hydrogen-bond donors (Lipinski definition) is 2. The molecule has 1 aliphatic heterocycles. The van der Waals surface area contributed by atoms with Crippen molar-refractivity contribution in [3.05, 3.63) is 72.6 Å². The van der Waals surface area contributed by atoms with Crippen LogP contribution in [0.4, 0.5) is 5.69 Å². The Morgan fingerprint density at radius 1 is 1.12 bits per heavy atom. The standard InChI is InChI=1S/C25H26N6O2/c1-17(18-5-3-2-4-6-18)12-30-25(32)24-26-13-19(14-27-24)22-16-29-23-21(22)11-20(15-28-23)31-7-9-33-10-8-31/h2-6,11,13-17H,7-10,12H2,1H3,(H,28,29)(H,30,32)/t17-/m0/s1. The fourth-order valence-corrected chi connectivity index (χ4v) is 4.03. The van der Waals surface area contributed by atoms with Gasteiger partial charge in [0.05, 0.1) is 25.1 Å².